The molecule has 1 N–H and O–H groups in total. The highest BCUT2D eigenvalue weighted by molar-refractivity contribution is 5.95. The number of aromatic nitrogens is 2. The highest BCUT2D eigenvalue weighted by Gasteiger charge is 2.34. The second-order valence-corrected chi connectivity index (χ2v) is 8.52. The molecule has 0 amide bonds. The van der Waals surface area contributed by atoms with Crippen LogP contribution in [0.5, 0.6) is 0 Å². The summed E-state index contributed by atoms with van der Waals surface area (Å²) in [5.74, 6) is -3.32. The van der Waals surface area contributed by atoms with Crippen LogP contribution < -0.4 is 15.6 Å². The van der Waals surface area contributed by atoms with Crippen LogP contribution in [0, 0.1) is 24.4 Å². The first-order chi connectivity index (χ1) is 16.7. The number of hydrogen-bond acceptors (Lipinski definition) is 6. The van der Waals surface area contributed by atoms with Gasteiger partial charge in [-0.3, -0.25) is 9.36 Å². The maximum Gasteiger partial charge on any atom is 0.343 e. The Hall–Kier alpha value is -3.40. The number of halogens is 3. The van der Waals surface area contributed by atoms with E-state index in [2.05, 4.69) is 10.3 Å². The minimum absolute atomic E-state index is 0.00552. The highest BCUT2D eigenvalue weighted by Crippen LogP contribution is 2.32. The molecule has 1 aliphatic rings. The van der Waals surface area contributed by atoms with E-state index in [1.165, 1.54) is 17.6 Å². The fraction of sp³-hybridized carbons (Fsp3) is 0.400. The molecule has 2 atom stereocenters. The summed E-state index contributed by atoms with van der Waals surface area (Å²) in [5, 5.41) is 3.20. The summed E-state index contributed by atoms with van der Waals surface area (Å²) in [6.45, 7) is 8.24. The van der Waals surface area contributed by atoms with Crippen molar-refractivity contribution in [1.29, 1.82) is 0 Å². The van der Waals surface area contributed by atoms with Crippen LogP contribution in [0.25, 0.3) is 16.7 Å². The normalized spacial score (nSPS) is 17.9. The molecule has 0 radical (unpaired) electrons. The minimum atomic E-state index is -0.933. The molecule has 0 bridgehead atoms. The maximum atomic E-state index is 15.7. The molecule has 0 aliphatic carbocycles. The Morgan fingerprint density at radius 2 is 2.00 bits per heavy atom. The second-order valence-electron chi connectivity index (χ2n) is 8.52. The predicted octanol–water partition coefficient (Wildman–Crippen LogP) is 3.86. The number of anilines is 1. The molecule has 1 saturated heterocycles. The number of hydrogen-bond donors (Lipinski definition) is 1. The van der Waals surface area contributed by atoms with Gasteiger partial charge in [0.25, 0.3) is 0 Å². The lowest BCUT2D eigenvalue weighted by Gasteiger charge is -2.27. The fourth-order valence-electron chi connectivity index (χ4n) is 4.66. The zero-order valence-electron chi connectivity index (χ0n) is 20.0. The van der Waals surface area contributed by atoms with E-state index in [-0.39, 0.29) is 46.8 Å². The van der Waals surface area contributed by atoms with Gasteiger partial charge in [-0.05, 0) is 45.9 Å². The third-order valence-electron chi connectivity index (χ3n) is 6.45. The van der Waals surface area contributed by atoms with E-state index in [0.29, 0.717) is 12.6 Å². The van der Waals surface area contributed by atoms with Crippen LogP contribution >= 0.6 is 0 Å². The van der Waals surface area contributed by atoms with E-state index in [0.717, 1.165) is 25.2 Å². The molecule has 7 nitrogen and oxygen atoms in total. The molecule has 2 aromatic heterocycles. The van der Waals surface area contributed by atoms with E-state index in [1.54, 1.807) is 6.92 Å². The third kappa shape index (κ3) is 4.27. The molecule has 1 fully saturated rings. The van der Waals surface area contributed by atoms with Crippen LogP contribution in [0.2, 0.25) is 0 Å². The molecule has 1 aliphatic heterocycles. The summed E-state index contributed by atoms with van der Waals surface area (Å²) in [4.78, 5) is 32.1. The summed E-state index contributed by atoms with van der Waals surface area (Å²) in [6.07, 6.45) is 1.89. The molecule has 35 heavy (non-hydrogen) atoms. The number of benzene rings is 1. The standard InChI is InChI=1S/C25H27F3N4O3/c1-5-29-18-9-10-31(14(18)4)24-21(28)13(3)20-22(33)16(25(34)35-6-2)12-32(23(20)30-24)19-8-7-15(26)11-17(19)27/h7-8,11-12,14,18,29H,5-6,9-10H2,1-4H3. The number of pyridine rings is 2. The van der Waals surface area contributed by atoms with Gasteiger partial charge in [0.1, 0.15) is 17.2 Å². The zero-order chi connectivity index (χ0) is 25.4. The van der Waals surface area contributed by atoms with Crippen molar-refractivity contribution in [3.8, 4) is 5.69 Å². The van der Waals surface area contributed by atoms with Crippen molar-refractivity contribution in [2.24, 2.45) is 0 Å². The van der Waals surface area contributed by atoms with E-state index < -0.39 is 34.4 Å². The van der Waals surface area contributed by atoms with Gasteiger partial charge in [-0.25, -0.2) is 22.9 Å². The number of fused-ring (bicyclic) bond motifs is 1. The molecule has 186 valence electrons. The Morgan fingerprint density at radius 3 is 2.66 bits per heavy atom. The van der Waals surface area contributed by atoms with Crippen molar-refractivity contribution in [2.75, 3.05) is 24.6 Å². The lowest BCUT2D eigenvalue weighted by molar-refractivity contribution is 0.0524. The zero-order valence-corrected chi connectivity index (χ0v) is 20.0. The van der Waals surface area contributed by atoms with Gasteiger partial charge in [-0.2, -0.15) is 0 Å². The van der Waals surface area contributed by atoms with E-state index in [9.17, 15) is 18.4 Å². The largest absolute Gasteiger partial charge is 0.462 e. The minimum Gasteiger partial charge on any atom is -0.462 e. The smallest absolute Gasteiger partial charge is 0.343 e. The van der Waals surface area contributed by atoms with Crippen LogP contribution in [0.3, 0.4) is 0 Å². The third-order valence-corrected chi connectivity index (χ3v) is 6.45. The molecule has 0 spiro atoms. The number of carbonyl (C=O) groups is 1. The van der Waals surface area contributed by atoms with Crippen LogP contribution in [0.15, 0.2) is 29.2 Å². The first-order valence-electron chi connectivity index (χ1n) is 11.6. The maximum absolute atomic E-state index is 15.7. The quantitative estimate of drug-likeness (QED) is 0.531. The van der Waals surface area contributed by atoms with E-state index in [1.807, 2.05) is 18.7 Å². The molecule has 4 rings (SSSR count). The van der Waals surface area contributed by atoms with Crippen LogP contribution in [0.4, 0.5) is 19.0 Å². The van der Waals surface area contributed by atoms with Crippen LogP contribution in [-0.2, 0) is 4.74 Å². The molecular weight excluding hydrogens is 461 g/mol. The monoisotopic (exact) mass is 488 g/mol. The Labute approximate surface area is 200 Å². The average molecular weight is 489 g/mol. The van der Waals surface area contributed by atoms with Gasteiger partial charge in [-0.1, -0.05) is 6.92 Å². The Balaban J connectivity index is 2.03. The van der Waals surface area contributed by atoms with E-state index in [4.69, 9.17) is 4.74 Å². The van der Waals surface area contributed by atoms with Crippen molar-refractivity contribution in [1.82, 2.24) is 14.9 Å². The van der Waals surface area contributed by atoms with Crippen LogP contribution in [0.1, 0.15) is 43.1 Å². The van der Waals surface area contributed by atoms with E-state index >= 15 is 4.39 Å². The number of rotatable bonds is 6. The lowest BCUT2D eigenvalue weighted by Crippen LogP contribution is -2.41. The molecule has 3 heterocycles. The van der Waals surface area contributed by atoms with Gasteiger partial charge in [0.15, 0.2) is 17.3 Å². The number of nitrogens with one attached hydrogen (secondary N) is 1. The molecule has 1 aromatic carbocycles. The number of ether oxygens (including phenoxy) is 1. The van der Waals surface area contributed by atoms with Gasteiger partial charge < -0.3 is 15.0 Å². The molecule has 0 saturated carbocycles. The van der Waals surface area contributed by atoms with Gasteiger partial charge in [0.2, 0.25) is 5.43 Å². The van der Waals surface area contributed by atoms with Crippen molar-refractivity contribution >= 4 is 22.8 Å². The second kappa shape index (κ2) is 9.69. The van der Waals surface area contributed by atoms with Crippen molar-refractivity contribution in [3.05, 3.63) is 63.2 Å². The Morgan fingerprint density at radius 1 is 1.26 bits per heavy atom. The summed E-state index contributed by atoms with van der Waals surface area (Å²) in [6, 6.07) is 2.94. The summed E-state index contributed by atoms with van der Waals surface area (Å²) in [5.41, 5.74) is -1.38. The van der Waals surface area contributed by atoms with Crippen molar-refractivity contribution in [3.63, 3.8) is 0 Å². The molecule has 10 heteroatoms. The first kappa shape index (κ1) is 24.7. The predicted molar refractivity (Wildman–Crippen MR) is 127 cm³/mol. The van der Waals surface area contributed by atoms with Gasteiger partial charge in [0.05, 0.1) is 17.7 Å². The molecule has 2 unspecified atom stereocenters. The lowest BCUT2D eigenvalue weighted by atomic mass is 10.1. The van der Waals surface area contributed by atoms with Gasteiger partial charge in [-0.15, -0.1) is 0 Å². The average Bonchev–Trinajstić information content (AvgIpc) is 3.17. The SMILES string of the molecule is CCNC1CCN(c2nc3c(c(C)c2F)c(=O)c(C(=O)OCC)cn3-c2ccc(F)cc2F)C1C. The van der Waals surface area contributed by atoms with Crippen molar-refractivity contribution < 1.29 is 22.7 Å². The Kier molecular flexibility index (Phi) is 6.84. The molecular formula is C25H27F3N4O3. The summed E-state index contributed by atoms with van der Waals surface area (Å²) < 4.78 is 50.3. The number of esters is 1. The van der Waals surface area contributed by atoms with Crippen LogP contribution in [-0.4, -0.2) is 47.3 Å². The Bertz CT molecular complexity index is 1360. The van der Waals surface area contributed by atoms with Crippen molar-refractivity contribution in [2.45, 2.75) is 46.2 Å². The fourth-order valence-corrected chi connectivity index (χ4v) is 4.66. The number of nitrogens with zero attached hydrogens (tertiary/aromatic N) is 3. The number of likely N-dealkylation sites (N-methyl/N-ethyl adjacent to an activating group) is 1. The number of carbonyl (C=O) groups excluding carboxylic acids is 1. The number of aryl methyl sites for hydroxylation is 1. The topological polar surface area (TPSA) is 76.5 Å². The summed E-state index contributed by atoms with van der Waals surface area (Å²) >= 11 is 0. The van der Waals surface area contributed by atoms with Gasteiger partial charge >= 0.3 is 5.97 Å². The molecule has 3 aromatic rings. The highest BCUT2D eigenvalue weighted by atomic mass is 19.1. The summed E-state index contributed by atoms with van der Waals surface area (Å²) in [7, 11) is 0. The van der Waals surface area contributed by atoms with Gasteiger partial charge in [0, 0.05) is 36.5 Å². The first-order valence-corrected chi connectivity index (χ1v) is 11.6.